The number of carboxylic acids is 1. The number of morpholine rings is 1. The number of aliphatic carboxylic acids is 1. The van der Waals surface area contributed by atoms with E-state index in [1.807, 2.05) is 26.1 Å². The molecule has 2 heterocycles. The van der Waals surface area contributed by atoms with Crippen LogP contribution in [0.4, 0.5) is 13.2 Å². The normalized spacial score (nSPS) is 24.4. The third-order valence-corrected chi connectivity index (χ3v) is 4.80. The van der Waals surface area contributed by atoms with Gasteiger partial charge in [0.1, 0.15) is 0 Å². The highest BCUT2D eigenvalue weighted by atomic mass is 19.4. The lowest BCUT2D eigenvalue weighted by atomic mass is 10.1. The Labute approximate surface area is 167 Å². The number of pyridine rings is 1. The summed E-state index contributed by atoms with van der Waals surface area (Å²) in [5, 5.41) is 10.2. The summed E-state index contributed by atoms with van der Waals surface area (Å²) in [6.45, 7) is 6.57. The van der Waals surface area contributed by atoms with Crippen LogP contribution in [-0.4, -0.2) is 64.4 Å². The first-order valence-corrected chi connectivity index (χ1v) is 9.43. The molecule has 1 aliphatic heterocycles. The summed E-state index contributed by atoms with van der Waals surface area (Å²) in [4.78, 5) is 27.8. The van der Waals surface area contributed by atoms with E-state index in [1.54, 1.807) is 6.20 Å². The van der Waals surface area contributed by atoms with Crippen LogP contribution in [0, 0.1) is 5.92 Å². The average Bonchev–Trinajstić information content (AvgIpc) is 3.07. The summed E-state index contributed by atoms with van der Waals surface area (Å²) in [6, 6.07) is 4.62. The predicted molar refractivity (Wildman–Crippen MR) is 97.9 cm³/mol. The molecule has 0 radical (unpaired) electrons. The molecule has 1 aromatic heterocycles. The fourth-order valence-corrected chi connectivity index (χ4v) is 3.57. The molecule has 162 valence electrons. The largest absolute Gasteiger partial charge is 0.490 e. The fraction of sp³-hybridized carbons (Fsp3) is 0.632. The number of fused-ring (bicyclic) bond motifs is 1. The van der Waals surface area contributed by atoms with Crippen molar-refractivity contribution >= 4 is 11.9 Å². The van der Waals surface area contributed by atoms with E-state index >= 15 is 0 Å². The number of carboxylic acid groups (broad SMARTS) is 1. The number of nitrogens with zero attached hydrogens (tertiary/aromatic N) is 2. The van der Waals surface area contributed by atoms with Crippen LogP contribution < -0.4 is 5.32 Å². The van der Waals surface area contributed by atoms with Crippen LogP contribution in [0.15, 0.2) is 24.5 Å². The number of halogens is 3. The molecule has 1 aliphatic carbocycles. The topological polar surface area (TPSA) is 91.8 Å². The first-order chi connectivity index (χ1) is 13.6. The second-order valence-electron chi connectivity index (χ2n) is 7.44. The van der Waals surface area contributed by atoms with E-state index in [0.717, 1.165) is 32.5 Å². The van der Waals surface area contributed by atoms with Crippen LogP contribution in [0.1, 0.15) is 32.3 Å². The Balaban J connectivity index is 0.000000370. The number of amides is 1. The van der Waals surface area contributed by atoms with Crippen molar-refractivity contribution in [3.8, 4) is 0 Å². The van der Waals surface area contributed by atoms with Gasteiger partial charge in [-0.05, 0) is 38.3 Å². The van der Waals surface area contributed by atoms with Crippen molar-refractivity contribution in [1.82, 2.24) is 15.2 Å². The number of hydrogen-bond acceptors (Lipinski definition) is 5. The highest BCUT2D eigenvalue weighted by molar-refractivity contribution is 5.79. The highest BCUT2D eigenvalue weighted by Crippen LogP contribution is 2.35. The molecule has 0 bridgehead atoms. The molecule has 3 rings (SSSR count). The molecule has 1 saturated heterocycles. The molecule has 10 heteroatoms. The molecule has 0 unspecified atom stereocenters. The number of nitrogens with one attached hydrogen (secondary N) is 1. The van der Waals surface area contributed by atoms with Gasteiger partial charge in [-0.25, -0.2) is 4.79 Å². The molecule has 1 aromatic rings. The van der Waals surface area contributed by atoms with E-state index in [9.17, 15) is 18.0 Å². The number of aromatic nitrogens is 1. The van der Waals surface area contributed by atoms with Crippen molar-refractivity contribution in [1.29, 1.82) is 0 Å². The van der Waals surface area contributed by atoms with Crippen LogP contribution in [0.2, 0.25) is 0 Å². The van der Waals surface area contributed by atoms with Crippen LogP contribution in [0.25, 0.3) is 0 Å². The van der Waals surface area contributed by atoms with Gasteiger partial charge in [0.25, 0.3) is 0 Å². The molecule has 2 aliphatic rings. The van der Waals surface area contributed by atoms with E-state index in [-0.39, 0.29) is 24.0 Å². The Kier molecular flexibility index (Phi) is 7.97. The zero-order valence-electron chi connectivity index (χ0n) is 16.4. The van der Waals surface area contributed by atoms with Crippen molar-refractivity contribution in [3.63, 3.8) is 0 Å². The highest BCUT2D eigenvalue weighted by Gasteiger charge is 2.43. The number of hydrogen-bond donors (Lipinski definition) is 2. The molecular weight excluding hydrogens is 391 g/mol. The van der Waals surface area contributed by atoms with Gasteiger partial charge in [0, 0.05) is 43.5 Å². The fourth-order valence-electron chi connectivity index (χ4n) is 3.57. The van der Waals surface area contributed by atoms with Crippen molar-refractivity contribution in [2.75, 3.05) is 13.2 Å². The quantitative estimate of drug-likeness (QED) is 0.781. The van der Waals surface area contributed by atoms with Crippen LogP contribution in [-0.2, 0) is 20.9 Å². The summed E-state index contributed by atoms with van der Waals surface area (Å²) >= 11 is 0. The van der Waals surface area contributed by atoms with E-state index < -0.39 is 12.1 Å². The number of alkyl halides is 3. The van der Waals surface area contributed by atoms with Gasteiger partial charge in [0.2, 0.25) is 5.91 Å². The molecule has 1 saturated carbocycles. The molecular formula is C19H26F3N3O4. The second-order valence-corrected chi connectivity index (χ2v) is 7.44. The van der Waals surface area contributed by atoms with E-state index in [0.29, 0.717) is 6.04 Å². The maximum Gasteiger partial charge on any atom is 0.490 e. The Morgan fingerprint density at radius 2 is 2.07 bits per heavy atom. The molecule has 2 N–H and O–H groups in total. The van der Waals surface area contributed by atoms with E-state index in [1.165, 1.54) is 5.56 Å². The first kappa shape index (κ1) is 23.1. The number of carbonyl (C=O) groups is 2. The lowest BCUT2D eigenvalue weighted by molar-refractivity contribution is -0.192. The predicted octanol–water partition coefficient (Wildman–Crippen LogP) is 2.22. The van der Waals surface area contributed by atoms with Gasteiger partial charge < -0.3 is 15.2 Å². The minimum absolute atomic E-state index is 0.0758. The summed E-state index contributed by atoms with van der Waals surface area (Å²) in [7, 11) is 0. The summed E-state index contributed by atoms with van der Waals surface area (Å²) < 4.78 is 37.7. The van der Waals surface area contributed by atoms with Crippen molar-refractivity contribution in [3.05, 3.63) is 30.1 Å². The minimum Gasteiger partial charge on any atom is -0.475 e. The molecule has 0 aromatic carbocycles. The molecule has 29 heavy (non-hydrogen) atoms. The Bertz CT molecular complexity index is 685. The number of carbonyl (C=O) groups excluding carboxylic acids is 1. The van der Waals surface area contributed by atoms with Crippen molar-refractivity contribution in [2.24, 2.45) is 5.92 Å². The van der Waals surface area contributed by atoms with Crippen LogP contribution in [0.5, 0.6) is 0 Å². The Morgan fingerprint density at radius 3 is 2.62 bits per heavy atom. The maximum atomic E-state index is 12.3. The number of rotatable bonds is 4. The zero-order chi connectivity index (χ0) is 21.6. The van der Waals surface area contributed by atoms with Gasteiger partial charge in [-0.15, -0.1) is 0 Å². The van der Waals surface area contributed by atoms with E-state index in [4.69, 9.17) is 14.6 Å². The maximum absolute atomic E-state index is 12.3. The second kappa shape index (κ2) is 10.0. The lowest BCUT2D eigenvalue weighted by Crippen LogP contribution is -2.47. The van der Waals surface area contributed by atoms with Gasteiger partial charge in [0.15, 0.2) is 0 Å². The van der Waals surface area contributed by atoms with Crippen LogP contribution >= 0.6 is 0 Å². The number of ether oxygens (including phenoxy) is 1. The minimum atomic E-state index is -5.08. The van der Waals surface area contributed by atoms with E-state index in [2.05, 4.69) is 21.3 Å². The van der Waals surface area contributed by atoms with Gasteiger partial charge in [0.05, 0.1) is 12.7 Å². The molecule has 0 spiro atoms. The molecule has 2 fully saturated rings. The van der Waals surface area contributed by atoms with Crippen molar-refractivity contribution in [2.45, 2.75) is 57.6 Å². The molecule has 3 atom stereocenters. The van der Waals surface area contributed by atoms with Gasteiger partial charge in [-0.2, -0.15) is 13.2 Å². The monoisotopic (exact) mass is 417 g/mol. The Morgan fingerprint density at radius 1 is 1.38 bits per heavy atom. The summed E-state index contributed by atoms with van der Waals surface area (Å²) in [5.41, 5.74) is 1.22. The van der Waals surface area contributed by atoms with Gasteiger partial charge in [-0.3, -0.25) is 14.7 Å². The third kappa shape index (κ3) is 6.97. The molecule has 7 nitrogen and oxygen atoms in total. The average molecular weight is 417 g/mol. The first-order valence-electron chi connectivity index (χ1n) is 9.43. The summed E-state index contributed by atoms with van der Waals surface area (Å²) in [6.07, 6.45) is 0.555. The van der Waals surface area contributed by atoms with Gasteiger partial charge in [-0.1, -0.05) is 6.07 Å². The summed E-state index contributed by atoms with van der Waals surface area (Å²) in [5.74, 6) is -2.51. The third-order valence-electron chi connectivity index (χ3n) is 4.80. The lowest BCUT2D eigenvalue weighted by Gasteiger charge is -2.37. The van der Waals surface area contributed by atoms with Crippen LogP contribution in [0.3, 0.4) is 0 Å². The SMILES string of the molecule is CC(C)NC(=O)[C@H]1C[C@@H]2[C@@H](C1)OCCN2Cc1cccnc1.O=C(O)C(F)(F)F. The van der Waals surface area contributed by atoms with Gasteiger partial charge >= 0.3 is 12.1 Å². The zero-order valence-corrected chi connectivity index (χ0v) is 16.4. The van der Waals surface area contributed by atoms with Crippen molar-refractivity contribution < 1.29 is 32.6 Å². The Hall–Kier alpha value is -2.20. The smallest absolute Gasteiger partial charge is 0.475 e. The standard InChI is InChI=1S/C17H25N3O2.C2HF3O2/c1-12(2)19-17(21)14-8-15-16(9-14)22-7-6-20(15)11-13-4-3-5-18-10-13;3-2(4,5)1(6)7/h3-5,10,12,14-16H,6-9,11H2,1-2H3,(H,19,21);(H,6,7)/t14-,15+,16+;/m0./s1. The molecule has 1 amide bonds.